The minimum absolute atomic E-state index is 0.00558. The van der Waals surface area contributed by atoms with Crippen molar-refractivity contribution in [1.29, 1.82) is 0 Å². The van der Waals surface area contributed by atoms with Gasteiger partial charge in [-0.15, -0.1) is 0 Å². The van der Waals surface area contributed by atoms with Crippen molar-refractivity contribution in [3.05, 3.63) is 29.8 Å². The minimum atomic E-state index is -0.0267. The van der Waals surface area contributed by atoms with Crippen molar-refractivity contribution in [2.24, 2.45) is 0 Å². The van der Waals surface area contributed by atoms with Crippen LogP contribution in [0.1, 0.15) is 36.5 Å². The Bertz CT molecular complexity index is 635. The van der Waals surface area contributed by atoms with Crippen LogP contribution in [-0.4, -0.2) is 78.9 Å². The number of hydrogen-bond donors (Lipinski definition) is 0. The number of carbonyl (C=O) groups excluding carboxylic acids is 2. The average molecular weight is 359 g/mol. The van der Waals surface area contributed by atoms with E-state index in [2.05, 4.69) is 11.8 Å². The minimum Gasteiger partial charge on any atom is -0.496 e. The van der Waals surface area contributed by atoms with E-state index in [-0.39, 0.29) is 17.9 Å². The highest BCUT2D eigenvalue weighted by Crippen LogP contribution is 2.21. The van der Waals surface area contributed by atoms with Gasteiger partial charge in [-0.2, -0.15) is 0 Å². The fraction of sp³-hybridized carbons (Fsp3) is 0.600. The van der Waals surface area contributed by atoms with Gasteiger partial charge in [-0.3, -0.25) is 14.5 Å². The van der Waals surface area contributed by atoms with Gasteiger partial charge in [-0.1, -0.05) is 19.1 Å². The SMILES string of the molecule is CC[C@@H](C(=O)N1CCN(C(=O)c2ccccc2OC)CC1)N1CCCC1. The van der Waals surface area contributed by atoms with E-state index in [1.165, 1.54) is 12.8 Å². The fourth-order valence-corrected chi connectivity index (χ4v) is 3.97. The van der Waals surface area contributed by atoms with Gasteiger partial charge in [0.25, 0.3) is 5.91 Å². The van der Waals surface area contributed by atoms with Gasteiger partial charge >= 0.3 is 0 Å². The van der Waals surface area contributed by atoms with E-state index in [0.717, 1.165) is 19.5 Å². The predicted molar refractivity (Wildman–Crippen MR) is 100 cm³/mol. The van der Waals surface area contributed by atoms with Crippen molar-refractivity contribution in [2.75, 3.05) is 46.4 Å². The molecule has 6 nitrogen and oxygen atoms in total. The van der Waals surface area contributed by atoms with Gasteiger partial charge in [0.1, 0.15) is 5.75 Å². The molecule has 1 aromatic rings. The Morgan fingerprint density at radius 3 is 2.23 bits per heavy atom. The van der Waals surface area contributed by atoms with Gasteiger partial charge in [-0.05, 0) is 44.5 Å². The lowest BCUT2D eigenvalue weighted by Crippen LogP contribution is -2.55. The summed E-state index contributed by atoms with van der Waals surface area (Å²) in [7, 11) is 1.58. The Morgan fingerprint density at radius 2 is 1.62 bits per heavy atom. The molecule has 26 heavy (non-hydrogen) atoms. The van der Waals surface area contributed by atoms with Crippen molar-refractivity contribution in [1.82, 2.24) is 14.7 Å². The summed E-state index contributed by atoms with van der Waals surface area (Å²) in [5, 5.41) is 0. The number of nitrogens with zero attached hydrogens (tertiary/aromatic N) is 3. The number of rotatable bonds is 5. The molecule has 2 saturated heterocycles. The van der Waals surface area contributed by atoms with E-state index >= 15 is 0 Å². The van der Waals surface area contributed by atoms with Gasteiger partial charge in [0.15, 0.2) is 0 Å². The summed E-state index contributed by atoms with van der Waals surface area (Å²) in [4.78, 5) is 31.8. The Hall–Kier alpha value is -2.08. The summed E-state index contributed by atoms with van der Waals surface area (Å²) in [6.45, 7) is 6.47. The molecule has 2 aliphatic rings. The third-order valence-electron chi connectivity index (χ3n) is 5.47. The van der Waals surface area contributed by atoms with E-state index in [9.17, 15) is 9.59 Å². The molecule has 0 unspecified atom stereocenters. The maximum absolute atomic E-state index is 12.9. The Morgan fingerprint density at radius 1 is 1.00 bits per heavy atom. The predicted octanol–water partition coefficient (Wildman–Crippen LogP) is 1.85. The van der Waals surface area contributed by atoms with Crippen molar-refractivity contribution in [3.63, 3.8) is 0 Å². The van der Waals surface area contributed by atoms with Crippen LogP contribution in [0.2, 0.25) is 0 Å². The quantitative estimate of drug-likeness (QED) is 0.805. The van der Waals surface area contributed by atoms with Gasteiger partial charge in [0.2, 0.25) is 5.91 Å². The highest BCUT2D eigenvalue weighted by Gasteiger charge is 2.33. The Labute approximate surface area is 155 Å². The first kappa shape index (κ1) is 18.7. The number of piperazine rings is 1. The molecule has 142 valence electrons. The van der Waals surface area contributed by atoms with E-state index in [0.29, 0.717) is 37.5 Å². The molecule has 1 aromatic carbocycles. The van der Waals surface area contributed by atoms with Crippen LogP contribution < -0.4 is 4.74 Å². The van der Waals surface area contributed by atoms with Crippen LogP contribution in [0.4, 0.5) is 0 Å². The second-order valence-corrected chi connectivity index (χ2v) is 6.98. The number of benzene rings is 1. The number of hydrogen-bond acceptors (Lipinski definition) is 4. The zero-order valence-electron chi connectivity index (χ0n) is 15.8. The summed E-state index contributed by atoms with van der Waals surface area (Å²) in [6.07, 6.45) is 3.22. The number of para-hydroxylation sites is 1. The molecule has 3 rings (SSSR count). The number of ether oxygens (including phenoxy) is 1. The van der Waals surface area contributed by atoms with Crippen molar-refractivity contribution in [2.45, 2.75) is 32.2 Å². The normalized spacial score (nSPS) is 19.5. The molecule has 6 heteroatoms. The summed E-state index contributed by atoms with van der Waals surface area (Å²) >= 11 is 0. The second-order valence-electron chi connectivity index (χ2n) is 6.98. The molecule has 0 aliphatic carbocycles. The summed E-state index contributed by atoms with van der Waals surface area (Å²) in [6, 6.07) is 7.29. The number of methoxy groups -OCH3 is 1. The average Bonchev–Trinajstić information content (AvgIpc) is 3.22. The van der Waals surface area contributed by atoms with Crippen LogP contribution in [0, 0.1) is 0 Å². The van der Waals surface area contributed by atoms with Gasteiger partial charge < -0.3 is 14.5 Å². The third-order valence-corrected chi connectivity index (χ3v) is 5.47. The van der Waals surface area contributed by atoms with E-state index in [1.54, 1.807) is 19.2 Å². The molecule has 2 heterocycles. The first-order valence-corrected chi connectivity index (χ1v) is 9.60. The summed E-state index contributed by atoms with van der Waals surface area (Å²) < 4.78 is 5.30. The largest absolute Gasteiger partial charge is 0.496 e. The maximum Gasteiger partial charge on any atom is 0.257 e. The molecule has 0 N–H and O–H groups in total. The Kier molecular flexibility index (Phi) is 6.14. The highest BCUT2D eigenvalue weighted by molar-refractivity contribution is 5.97. The molecular formula is C20H29N3O3. The number of carbonyl (C=O) groups is 2. The van der Waals surface area contributed by atoms with E-state index < -0.39 is 0 Å². The maximum atomic E-state index is 12.9. The first-order valence-electron chi connectivity index (χ1n) is 9.60. The summed E-state index contributed by atoms with van der Waals surface area (Å²) in [5.41, 5.74) is 0.582. The molecule has 0 aromatic heterocycles. The van der Waals surface area contributed by atoms with Crippen LogP contribution in [0.3, 0.4) is 0 Å². The molecule has 0 saturated carbocycles. The molecule has 2 amide bonds. The first-order chi connectivity index (χ1) is 12.7. The van der Waals surface area contributed by atoms with E-state index in [1.807, 2.05) is 21.9 Å². The zero-order chi connectivity index (χ0) is 18.5. The summed E-state index contributed by atoms with van der Waals surface area (Å²) in [5.74, 6) is 0.788. The lowest BCUT2D eigenvalue weighted by atomic mass is 10.1. The van der Waals surface area contributed by atoms with Gasteiger partial charge in [-0.25, -0.2) is 0 Å². The van der Waals surface area contributed by atoms with E-state index in [4.69, 9.17) is 4.74 Å². The van der Waals surface area contributed by atoms with Crippen molar-refractivity contribution in [3.8, 4) is 5.75 Å². The lowest BCUT2D eigenvalue weighted by Gasteiger charge is -2.38. The molecule has 0 radical (unpaired) electrons. The second kappa shape index (κ2) is 8.54. The zero-order valence-corrected chi connectivity index (χ0v) is 15.8. The van der Waals surface area contributed by atoms with Crippen LogP contribution in [0.25, 0.3) is 0 Å². The van der Waals surface area contributed by atoms with Crippen LogP contribution >= 0.6 is 0 Å². The molecule has 0 spiro atoms. The third kappa shape index (κ3) is 3.85. The molecule has 2 aliphatic heterocycles. The van der Waals surface area contributed by atoms with Gasteiger partial charge in [0, 0.05) is 26.2 Å². The Balaban J connectivity index is 1.60. The van der Waals surface area contributed by atoms with Crippen molar-refractivity contribution >= 4 is 11.8 Å². The number of amides is 2. The number of likely N-dealkylation sites (tertiary alicyclic amines) is 1. The lowest BCUT2D eigenvalue weighted by molar-refractivity contribution is -0.138. The van der Waals surface area contributed by atoms with Crippen molar-refractivity contribution < 1.29 is 14.3 Å². The standard InChI is InChI=1S/C20H29N3O3/c1-3-17(21-10-6-7-11-21)20(25)23-14-12-22(13-15-23)19(24)16-8-4-5-9-18(16)26-2/h4-5,8-9,17H,3,6-7,10-15H2,1-2H3/t17-/m0/s1. The molecular weight excluding hydrogens is 330 g/mol. The molecule has 1 atom stereocenters. The van der Waals surface area contributed by atoms with Crippen LogP contribution in [0.5, 0.6) is 5.75 Å². The smallest absolute Gasteiger partial charge is 0.257 e. The van der Waals surface area contributed by atoms with Gasteiger partial charge in [0.05, 0.1) is 18.7 Å². The molecule has 0 bridgehead atoms. The molecule has 2 fully saturated rings. The van der Waals surface area contributed by atoms with Crippen LogP contribution in [0.15, 0.2) is 24.3 Å². The fourth-order valence-electron chi connectivity index (χ4n) is 3.97. The monoisotopic (exact) mass is 359 g/mol. The topological polar surface area (TPSA) is 53.1 Å². The van der Waals surface area contributed by atoms with Crippen LogP contribution in [-0.2, 0) is 4.79 Å². The highest BCUT2D eigenvalue weighted by atomic mass is 16.5.